The monoisotopic (exact) mass is 224 g/mol. The minimum Gasteiger partial charge on any atom is -0.490 e. The van der Waals surface area contributed by atoms with E-state index < -0.39 is 0 Å². The lowest BCUT2D eigenvalue weighted by molar-refractivity contribution is 0.213. The van der Waals surface area contributed by atoms with Gasteiger partial charge in [-0.25, -0.2) is 0 Å². The van der Waals surface area contributed by atoms with Crippen LogP contribution in [0.15, 0.2) is 21.5 Å². The summed E-state index contributed by atoms with van der Waals surface area (Å²) in [6.45, 7) is 4.62. The Bertz CT molecular complexity index is 396. The number of hydrogen-bond donors (Lipinski definition) is 1. The van der Waals surface area contributed by atoms with Crippen LogP contribution in [0, 0.1) is 0 Å². The molecule has 0 unspecified atom stereocenters. The highest BCUT2D eigenvalue weighted by Crippen LogP contribution is 2.08. The first-order valence-corrected chi connectivity index (χ1v) is 5.38. The van der Waals surface area contributed by atoms with Crippen LogP contribution >= 0.6 is 0 Å². The van der Waals surface area contributed by atoms with E-state index in [1.165, 1.54) is 19.4 Å². The van der Waals surface area contributed by atoms with Gasteiger partial charge in [0, 0.05) is 32.2 Å². The average Bonchev–Trinajstić information content (AvgIpc) is 2.31. The zero-order valence-corrected chi connectivity index (χ0v) is 9.36. The summed E-state index contributed by atoms with van der Waals surface area (Å²) >= 11 is 0. The van der Waals surface area contributed by atoms with Crippen molar-refractivity contribution in [3.8, 4) is 5.75 Å². The van der Waals surface area contributed by atoms with Gasteiger partial charge in [0.25, 0.3) is 0 Å². The lowest BCUT2D eigenvalue weighted by Gasteiger charge is -2.26. The van der Waals surface area contributed by atoms with Gasteiger partial charge in [0.15, 0.2) is 0 Å². The second-order valence-electron chi connectivity index (χ2n) is 3.81. The van der Waals surface area contributed by atoms with Crippen molar-refractivity contribution in [1.29, 1.82) is 0 Å². The highest BCUT2D eigenvalue weighted by molar-refractivity contribution is 5.17. The number of piperazine rings is 1. The molecule has 1 aromatic rings. The number of methoxy groups -OCH3 is 1. The summed E-state index contributed by atoms with van der Waals surface area (Å²) in [5.41, 5.74) is -0.126. The molecule has 1 aliphatic rings. The molecular formula is C11H16N2O3. The summed E-state index contributed by atoms with van der Waals surface area (Å²) < 4.78 is 10.2. The maximum absolute atomic E-state index is 11.5. The van der Waals surface area contributed by atoms with Gasteiger partial charge in [0.2, 0.25) is 11.2 Å². The van der Waals surface area contributed by atoms with Crippen LogP contribution in [0.1, 0.15) is 5.76 Å². The van der Waals surface area contributed by atoms with Crippen molar-refractivity contribution in [3.05, 3.63) is 28.3 Å². The van der Waals surface area contributed by atoms with Crippen LogP contribution in [0.3, 0.4) is 0 Å². The van der Waals surface area contributed by atoms with Crippen LogP contribution in [0.5, 0.6) is 5.75 Å². The molecule has 1 saturated heterocycles. The minimum atomic E-state index is -0.126. The third-order valence-electron chi connectivity index (χ3n) is 2.66. The molecule has 0 aliphatic carbocycles. The summed E-state index contributed by atoms with van der Waals surface area (Å²) in [6.07, 6.45) is 1.37. The van der Waals surface area contributed by atoms with Crippen LogP contribution in [-0.2, 0) is 6.54 Å². The van der Waals surface area contributed by atoms with Gasteiger partial charge >= 0.3 is 0 Å². The zero-order valence-electron chi connectivity index (χ0n) is 9.36. The van der Waals surface area contributed by atoms with Gasteiger partial charge in [-0.15, -0.1) is 0 Å². The quantitative estimate of drug-likeness (QED) is 0.786. The minimum absolute atomic E-state index is 0.126. The maximum atomic E-state index is 11.5. The van der Waals surface area contributed by atoms with Crippen molar-refractivity contribution in [2.45, 2.75) is 6.54 Å². The summed E-state index contributed by atoms with van der Waals surface area (Å²) in [5.74, 6) is 0.941. The zero-order chi connectivity index (χ0) is 11.4. The first-order valence-electron chi connectivity index (χ1n) is 5.38. The van der Waals surface area contributed by atoms with E-state index in [2.05, 4.69) is 10.2 Å². The topological polar surface area (TPSA) is 54.7 Å². The Kier molecular flexibility index (Phi) is 3.58. The van der Waals surface area contributed by atoms with Gasteiger partial charge in [-0.3, -0.25) is 9.69 Å². The molecule has 0 saturated carbocycles. The molecule has 0 atom stereocenters. The molecule has 1 aromatic heterocycles. The molecule has 1 aliphatic heterocycles. The van der Waals surface area contributed by atoms with E-state index in [9.17, 15) is 4.79 Å². The van der Waals surface area contributed by atoms with E-state index in [4.69, 9.17) is 9.15 Å². The molecule has 0 amide bonds. The van der Waals surface area contributed by atoms with Crippen LogP contribution in [0.2, 0.25) is 0 Å². The fourth-order valence-electron chi connectivity index (χ4n) is 1.76. The highest BCUT2D eigenvalue weighted by Gasteiger charge is 2.12. The van der Waals surface area contributed by atoms with Crippen molar-refractivity contribution in [2.75, 3.05) is 33.3 Å². The van der Waals surface area contributed by atoms with Crippen LogP contribution < -0.4 is 15.5 Å². The fraction of sp³-hybridized carbons (Fsp3) is 0.545. The van der Waals surface area contributed by atoms with Crippen molar-refractivity contribution in [1.82, 2.24) is 10.2 Å². The molecule has 0 bridgehead atoms. The van der Waals surface area contributed by atoms with Crippen LogP contribution in [0.4, 0.5) is 0 Å². The normalized spacial score (nSPS) is 17.3. The smallest absolute Gasteiger partial charge is 0.227 e. The molecule has 88 valence electrons. The predicted octanol–water partition coefficient (Wildman–Crippen LogP) is 0.0536. The summed E-state index contributed by atoms with van der Waals surface area (Å²) in [7, 11) is 1.46. The van der Waals surface area contributed by atoms with E-state index in [0.29, 0.717) is 12.3 Å². The Hall–Kier alpha value is -1.33. The summed E-state index contributed by atoms with van der Waals surface area (Å²) in [4.78, 5) is 13.7. The van der Waals surface area contributed by atoms with E-state index >= 15 is 0 Å². The Labute approximate surface area is 94.0 Å². The first-order chi connectivity index (χ1) is 7.79. The second-order valence-corrected chi connectivity index (χ2v) is 3.81. The van der Waals surface area contributed by atoms with Crippen LogP contribution in [0.25, 0.3) is 0 Å². The van der Waals surface area contributed by atoms with Crippen molar-refractivity contribution >= 4 is 0 Å². The van der Waals surface area contributed by atoms with Gasteiger partial charge < -0.3 is 14.5 Å². The third-order valence-corrected chi connectivity index (χ3v) is 2.66. The van der Waals surface area contributed by atoms with Crippen LogP contribution in [-0.4, -0.2) is 38.2 Å². The number of rotatable bonds is 3. The van der Waals surface area contributed by atoms with Gasteiger partial charge in [0.05, 0.1) is 13.7 Å². The Morgan fingerprint density at radius 2 is 2.25 bits per heavy atom. The Balaban J connectivity index is 2.04. The lowest BCUT2D eigenvalue weighted by Crippen LogP contribution is -2.42. The molecule has 5 nitrogen and oxygen atoms in total. The molecular weight excluding hydrogens is 208 g/mol. The van der Waals surface area contributed by atoms with Gasteiger partial charge in [-0.05, 0) is 0 Å². The SMILES string of the molecule is COc1coc(CN2CCNCC2)cc1=O. The number of nitrogens with one attached hydrogen (secondary N) is 1. The fourth-order valence-corrected chi connectivity index (χ4v) is 1.76. The number of hydrogen-bond acceptors (Lipinski definition) is 5. The number of ether oxygens (including phenoxy) is 1. The van der Waals surface area contributed by atoms with Gasteiger partial charge in [0.1, 0.15) is 12.0 Å². The molecule has 16 heavy (non-hydrogen) atoms. The molecule has 1 fully saturated rings. The molecule has 0 radical (unpaired) electrons. The molecule has 2 heterocycles. The van der Waals surface area contributed by atoms with E-state index in [0.717, 1.165) is 26.2 Å². The molecule has 0 aromatic carbocycles. The average molecular weight is 224 g/mol. The molecule has 1 N–H and O–H groups in total. The van der Waals surface area contributed by atoms with E-state index in [-0.39, 0.29) is 11.2 Å². The summed E-state index contributed by atoms with van der Waals surface area (Å²) in [6, 6.07) is 1.50. The third kappa shape index (κ3) is 2.62. The van der Waals surface area contributed by atoms with Gasteiger partial charge in [-0.1, -0.05) is 0 Å². The van der Waals surface area contributed by atoms with E-state index in [1.54, 1.807) is 0 Å². The standard InChI is InChI=1S/C11H16N2O3/c1-15-11-8-16-9(6-10(11)14)7-13-4-2-12-3-5-13/h6,8,12H,2-5,7H2,1H3. The molecule has 2 rings (SSSR count). The van der Waals surface area contributed by atoms with Crippen molar-refractivity contribution in [3.63, 3.8) is 0 Å². The largest absolute Gasteiger partial charge is 0.490 e. The summed E-state index contributed by atoms with van der Waals surface area (Å²) in [5, 5.41) is 3.28. The maximum Gasteiger partial charge on any atom is 0.227 e. The highest BCUT2D eigenvalue weighted by atomic mass is 16.5. The molecule has 5 heteroatoms. The molecule has 0 spiro atoms. The van der Waals surface area contributed by atoms with Crippen molar-refractivity contribution < 1.29 is 9.15 Å². The van der Waals surface area contributed by atoms with E-state index in [1.807, 2.05) is 0 Å². The first kappa shape index (κ1) is 11.2. The number of nitrogens with zero attached hydrogens (tertiary/aromatic N) is 1. The Morgan fingerprint density at radius 1 is 1.50 bits per heavy atom. The van der Waals surface area contributed by atoms with Gasteiger partial charge in [-0.2, -0.15) is 0 Å². The second kappa shape index (κ2) is 5.14. The Morgan fingerprint density at radius 3 is 2.88 bits per heavy atom. The lowest BCUT2D eigenvalue weighted by atomic mass is 10.3. The van der Waals surface area contributed by atoms with Crippen molar-refractivity contribution in [2.24, 2.45) is 0 Å². The predicted molar refractivity (Wildman–Crippen MR) is 59.7 cm³/mol.